The first kappa shape index (κ1) is 14.3. The molecule has 2 heterocycles. The van der Waals surface area contributed by atoms with Crippen LogP contribution in [0.4, 0.5) is 0 Å². The van der Waals surface area contributed by atoms with Gasteiger partial charge in [-0.25, -0.2) is 4.79 Å². The summed E-state index contributed by atoms with van der Waals surface area (Å²) in [5, 5.41) is 1.96. The Morgan fingerprint density at radius 3 is 2.75 bits per heavy atom. The molecule has 0 fully saturated rings. The third kappa shape index (κ3) is 3.48. The fourth-order valence-corrected chi connectivity index (χ4v) is 2.47. The predicted octanol–water partition coefficient (Wildman–Crippen LogP) is 1.90. The fourth-order valence-electron chi connectivity index (χ4n) is 1.71. The molecule has 6 heteroatoms. The molecule has 20 heavy (non-hydrogen) atoms. The normalized spacial score (nSPS) is 10.3. The minimum Gasteiger partial charge on any atom is -0.451 e. The molecule has 0 saturated heterocycles. The minimum atomic E-state index is -0.490. The van der Waals surface area contributed by atoms with Gasteiger partial charge in [0.1, 0.15) is 5.69 Å². The Morgan fingerprint density at radius 1 is 1.35 bits per heavy atom. The summed E-state index contributed by atoms with van der Waals surface area (Å²) in [6, 6.07) is 7.31. The highest BCUT2D eigenvalue weighted by Crippen LogP contribution is 2.11. The molecule has 2 rings (SSSR count). The molecule has 0 aliphatic heterocycles. The maximum Gasteiger partial charge on any atom is 0.355 e. The molecular weight excluding hydrogens is 276 g/mol. The van der Waals surface area contributed by atoms with Gasteiger partial charge in [0.25, 0.3) is 5.91 Å². The van der Waals surface area contributed by atoms with Gasteiger partial charge in [-0.05, 0) is 23.6 Å². The summed E-state index contributed by atoms with van der Waals surface area (Å²) >= 11 is 1.59. The maximum atomic E-state index is 11.9. The number of ether oxygens (including phenoxy) is 1. The standard InChI is InChI=1S/C14H16N2O3S/c1-15-7-3-6-12(15)14(18)19-10-13(17)16(2)9-11-5-4-8-20-11/h3-8H,9-10H2,1-2H3. The minimum absolute atomic E-state index is 0.221. The van der Waals surface area contributed by atoms with Crippen LogP contribution in [-0.2, 0) is 23.1 Å². The number of hydrogen-bond acceptors (Lipinski definition) is 4. The van der Waals surface area contributed by atoms with Crippen LogP contribution in [0, 0.1) is 0 Å². The van der Waals surface area contributed by atoms with Crippen molar-refractivity contribution in [2.24, 2.45) is 7.05 Å². The second kappa shape index (κ2) is 6.38. The summed E-state index contributed by atoms with van der Waals surface area (Å²) in [6.07, 6.45) is 1.75. The van der Waals surface area contributed by atoms with Gasteiger partial charge in [0.15, 0.2) is 6.61 Å². The van der Waals surface area contributed by atoms with Crippen LogP contribution in [0.15, 0.2) is 35.8 Å². The Kier molecular flexibility index (Phi) is 4.57. The lowest BCUT2D eigenvalue weighted by Gasteiger charge is -2.16. The quantitative estimate of drug-likeness (QED) is 0.791. The molecule has 0 radical (unpaired) electrons. The van der Waals surface area contributed by atoms with E-state index in [1.807, 2.05) is 17.5 Å². The summed E-state index contributed by atoms with van der Waals surface area (Å²) < 4.78 is 6.68. The molecule has 0 aliphatic carbocycles. The highest BCUT2D eigenvalue weighted by Gasteiger charge is 2.15. The van der Waals surface area contributed by atoms with Crippen molar-refractivity contribution in [1.82, 2.24) is 9.47 Å². The second-order valence-corrected chi connectivity index (χ2v) is 5.44. The first-order valence-corrected chi connectivity index (χ1v) is 7.00. The molecule has 106 valence electrons. The van der Waals surface area contributed by atoms with Gasteiger partial charge >= 0.3 is 5.97 Å². The lowest BCUT2D eigenvalue weighted by atomic mass is 10.4. The van der Waals surface area contributed by atoms with Crippen molar-refractivity contribution >= 4 is 23.2 Å². The van der Waals surface area contributed by atoms with E-state index in [0.29, 0.717) is 12.2 Å². The Morgan fingerprint density at radius 2 is 2.15 bits per heavy atom. The van der Waals surface area contributed by atoms with Crippen LogP contribution in [0.5, 0.6) is 0 Å². The van der Waals surface area contributed by atoms with Gasteiger partial charge < -0.3 is 14.2 Å². The van der Waals surface area contributed by atoms with E-state index in [-0.39, 0.29) is 12.5 Å². The largest absolute Gasteiger partial charge is 0.451 e. The highest BCUT2D eigenvalue weighted by atomic mass is 32.1. The number of aryl methyl sites for hydroxylation is 1. The van der Waals surface area contributed by atoms with Crippen molar-refractivity contribution < 1.29 is 14.3 Å². The molecule has 1 amide bonds. The SMILES string of the molecule is CN(Cc1cccs1)C(=O)COC(=O)c1cccn1C. The molecule has 2 aromatic rings. The van der Waals surface area contributed by atoms with Gasteiger partial charge in [-0.15, -0.1) is 11.3 Å². The molecule has 0 spiro atoms. The number of hydrogen-bond donors (Lipinski definition) is 0. The number of nitrogens with zero attached hydrogens (tertiary/aromatic N) is 2. The lowest BCUT2D eigenvalue weighted by molar-refractivity contribution is -0.133. The molecule has 0 bridgehead atoms. The summed E-state index contributed by atoms with van der Waals surface area (Å²) in [5.74, 6) is -0.712. The third-order valence-corrected chi connectivity index (χ3v) is 3.74. The van der Waals surface area contributed by atoms with Gasteiger partial charge in [0.2, 0.25) is 0 Å². The average Bonchev–Trinajstić information content (AvgIpc) is 3.06. The molecule has 0 aromatic carbocycles. The van der Waals surface area contributed by atoms with E-state index in [9.17, 15) is 9.59 Å². The van der Waals surface area contributed by atoms with Crippen LogP contribution in [0.3, 0.4) is 0 Å². The first-order valence-electron chi connectivity index (χ1n) is 6.12. The topological polar surface area (TPSA) is 51.5 Å². The summed E-state index contributed by atoms with van der Waals surface area (Å²) in [6.45, 7) is 0.282. The number of carbonyl (C=O) groups excluding carboxylic acids is 2. The van der Waals surface area contributed by atoms with Crippen LogP contribution >= 0.6 is 11.3 Å². The summed E-state index contributed by atoms with van der Waals surface area (Å²) in [7, 11) is 3.44. The monoisotopic (exact) mass is 292 g/mol. The van der Waals surface area contributed by atoms with E-state index in [1.54, 1.807) is 53.2 Å². The van der Waals surface area contributed by atoms with Crippen molar-refractivity contribution in [3.05, 3.63) is 46.4 Å². The van der Waals surface area contributed by atoms with Crippen LogP contribution < -0.4 is 0 Å². The Hall–Kier alpha value is -2.08. The number of thiophene rings is 1. The highest BCUT2D eigenvalue weighted by molar-refractivity contribution is 7.09. The van der Waals surface area contributed by atoms with Gasteiger partial charge in [0.05, 0.1) is 6.54 Å². The molecule has 0 aliphatic rings. The zero-order chi connectivity index (χ0) is 14.5. The molecule has 0 N–H and O–H groups in total. The zero-order valence-corrected chi connectivity index (χ0v) is 12.2. The van der Waals surface area contributed by atoms with Gasteiger partial charge in [-0.2, -0.15) is 0 Å². The smallest absolute Gasteiger partial charge is 0.355 e. The van der Waals surface area contributed by atoms with Crippen LogP contribution in [0.1, 0.15) is 15.4 Å². The molecular formula is C14H16N2O3S. The molecule has 0 unspecified atom stereocenters. The van der Waals surface area contributed by atoms with Crippen molar-refractivity contribution in [3.63, 3.8) is 0 Å². The number of likely N-dealkylation sites (N-methyl/N-ethyl adjacent to an activating group) is 1. The molecule has 5 nitrogen and oxygen atoms in total. The van der Waals surface area contributed by atoms with E-state index in [1.165, 1.54) is 0 Å². The van der Waals surface area contributed by atoms with Gasteiger partial charge in [0, 0.05) is 25.2 Å². The van der Waals surface area contributed by atoms with E-state index < -0.39 is 5.97 Å². The Balaban J connectivity index is 1.83. The predicted molar refractivity (Wildman–Crippen MR) is 76.5 cm³/mol. The summed E-state index contributed by atoms with van der Waals surface area (Å²) in [5.41, 5.74) is 0.429. The maximum absolute atomic E-state index is 11.9. The Bertz CT molecular complexity index is 589. The number of amides is 1. The van der Waals surface area contributed by atoms with Crippen molar-refractivity contribution in [2.75, 3.05) is 13.7 Å². The van der Waals surface area contributed by atoms with Gasteiger partial charge in [-0.3, -0.25) is 4.79 Å². The zero-order valence-electron chi connectivity index (χ0n) is 11.4. The third-order valence-electron chi connectivity index (χ3n) is 2.88. The second-order valence-electron chi connectivity index (χ2n) is 4.41. The number of carbonyl (C=O) groups is 2. The Labute approximate surface area is 121 Å². The van der Waals surface area contributed by atoms with E-state index in [2.05, 4.69) is 0 Å². The van der Waals surface area contributed by atoms with E-state index in [0.717, 1.165) is 4.88 Å². The number of esters is 1. The summed E-state index contributed by atoms with van der Waals surface area (Å²) in [4.78, 5) is 26.3. The lowest BCUT2D eigenvalue weighted by Crippen LogP contribution is -2.30. The molecule has 2 aromatic heterocycles. The van der Waals surface area contributed by atoms with Crippen molar-refractivity contribution in [2.45, 2.75) is 6.54 Å². The van der Waals surface area contributed by atoms with E-state index >= 15 is 0 Å². The van der Waals surface area contributed by atoms with Gasteiger partial charge in [-0.1, -0.05) is 6.07 Å². The van der Waals surface area contributed by atoms with Crippen LogP contribution in [-0.4, -0.2) is 35.0 Å². The van der Waals surface area contributed by atoms with Crippen LogP contribution in [0.2, 0.25) is 0 Å². The number of rotatable bonds is 5. The van der Waals surface area contributed by atoms with Crippen LogP contribution in [0.25, 0.3) is 0 Å². The fraction of sp³-hybridized carbons (Fsp3) is 0.286. The average molecular weight is 292 g/mol. The van der Waals surface area contributed by atoms with E-state index in [4.69, 9.17) is 4.74 Å². The van der Waals surface area contributed by atoms with Crippen molar-refractivity contribution in [3.8, 4) is 0 Å². The molecule has 0 atom stereocenters. The van der Waals surface area contributed by atoms with Crippen molar-refractivity contribution in [1.29, 1.82) is 0 Å². The number of aromatic nitrogens is 1. The molecule has 0 saturated carbocycles. The first-order chi connectivity index (χ1) is 9.58.